The van der Waals surface area contributed by atoms with Crippen LogP contribution in [0.3, 0.4) is 0 Å². The number of aromatic nitrogens is 1. The van der Waals surface area contributed by atoms with E-state index in [0.29, 0.717) is 12.4 Å². The molecule has 0 radical (unpaired) electrons. The maximum absolute atomic E-state index is 6.05. The van der Waals surface area contributed by atoms with Gasteiger partial charge in [0.05, 0.1) is 0 Å². The van der Waals surface area contributed by atoms with Crippen LogP contribution in [0.15, 0.2) is 24.3 Å². The van der Waals surface area contributed by atoms with Gasteiger partial charge in [-0.2, -0.15) is 0 Å². The largest absolute Gasteiger partial charge is 0.438 e. The molecule has 0 unspecified atom stereocenters. The van der Waals surface area contributed by atoms with Crippen LogP contribution in [0, 0.1) is 13.8 Å². The van der Waals surface area contributed by atoms with Crippen molar-refractivity contribution in [2.45, 2.75) is 39.7 Å². The fourth-order valence-electron chi connectivity index (χ4n) is 2.66. The molecule has 1 aliphatic carbocycles. The van der Waals surface area contributed by atoms with Crippen LogP contribution in [0.5, 0.6) is 11.6 Å². The Labute approximate surface area is 119 Å². The van der Waals surface area contributed by atoms with Crippen molar-refractivity contribution in [3.63, 3.8) is 0 Å². The second-order valence-corrected chi connectivity index (χ2v) is 5.49. The molecule has 2 N–H and O–H groups in total. The summed E-state index contributed by atoms with van der Waals surface area (Å²) in [6.45, 7) is 4.57. The Morgan fingerprint density at radius 1 is 1.20 bits per heavy atom. The van der Waals surface area contributed by atoms with Crippen LogP contribution in [-0.2, 0) is 19.4 Å². The quantitative estimate of drug-likeness (QED) is 0.927. The van der Waals surface area contributed by atoms with Gasteiger partial charge >= 0.3 is 0 Å². The van der Waals surface area contributed by atoms with Gasteiger partial charge in [0.25, 0.3) is 0 Å². The van der Waals surface area contributed by atoms with E-state index in [1.807, 2.05) is 13.0 Å². The molecule has 0 aliphatic heterocycles. The van der Waals surface area contributed by atoms with Gasteiger partial charge in [0.1, 0.15) is 5.75 Å². The molecule has 0 fully saturated rings. The summed E-state index contributed by atoms with van der Waals surface area (Å²) in [7, 11) is 0. The van der Waals surface area contributed by atoms with E-state index in [-0.39, 0.29) is 0 Å². The second-order valence-electron chi connectivity index (χ2n) is 5.49. The van der Waals surface area contributed by atoms with Gasteiger partial charge in [0, 0.05) is 17.8 Å². The summed E-state index contributed by atoms with van der Waals surface area (Å²) in [4.78, 5) is 4.69. The van der Waals surface area contributed by atoms with Crippen LogP contribution in [0.2, 0.25) is 0 Å². The fraction of sp³-hybridized carbons (Fsp3) is 0.353. The van der Waals surface area contributed by atoms with Crippen molar-refractivity contribution < 1.29 is 4.74 Å². The molecule has 3 nitrogen and oxygen atoms in total. The smallest absolute Gasteiger partial charge is 0.223 e. The van der Waals surface area contributed by atoms with E-state index in [9.17, 15) is 0 Å². The minimum Gasteiger partial charge on any atom is -0.438 e. The first-order chi connectivity index (χ1) is 9.67. The number of benzene rings is 1. The Kier molecular flexibility index (Phi) is 3.45. The molecule has 3 heteroatoms. The highest BCUT2D eigenvalue weighted by Gasteiger charge is 2.17. The van der Waals surface area contributed by atoms with Gasteiger partial charge in [0.2, 0.25) is 5.88 Å². The summed E-state index contributed by atoms with van der Waals surface area (Å²) in [5.74, 6) is 1.53. The molecule has 0 saturated carbocycles. The van der Waals surface area contributed by atoms with E-state index in [1.54, 1.807) is 0 Å². The fourth-order valence-corrected chi connectivity index (χ4v) is 2.66. The zero-order valence-electron chi connectivity index (χ0n) is 12.1. The van der Waals surface area contributed by atoms with E-state index in [0.717, 1.165) is 29.7 Å². The van der Waals surface area contributed by atoms with E-state index >= 15 is 0 Å². The first-order valence-corrected chi connectivity index (χ1v) is 7.14. The van der Waals surface area contributed by atoms with Gasteiger partial charge in [-0.1, -0.05) is 12.1 Å². The van der Waals surface area contributed by atoms with Crippen molar-refractivity contribution in [3.8, 4) is 11.6 Å². The number of aryl methyl sites for hydroxylation is 4. The van der Waals surface area contributed by atoms with Crippen molar-refractivity contribution >= 4 is 0 Å². The van der Waals surface area contributed by atoms with Crippen LogP contribution >= 0.6 is 0 Å². The number of rotatable bonds is 3. The summed E-state index contributed by atoms with van der Waals surface area (Å²) >= 11 is 0. The molecule has 0 atom stereocenters. The molecule has 2 aromatic rings. The lowest BCUT2D eigenvalue weighted by atomic mass is 10.1. The lowest BCUT2D eigenvalue weighted by Crippen LogP contribution is -2.04. The molecule has 0 saturated heterocycles. The van der Waals surface area contributed by atoms with Gasteiger partial charge in [0.15, 0.2) is 0 Å². The highest BCUT2D eigenvalue weighted by molar-refractivity contribution is 5.42. The average Bonchev–Trinajstić information content (AvgIpc) is 2.89. The molecule has 0 amide bonds. The molecule has 1 aromatic heterocycles. The Morgan fingerprint density at radius 3 is 2.85 bits per heavy atom. The van der Waals surface area contributed by atoms with Gasteiger partial charge in [-0.05, 0) is 61.9 Å². The van der Waals surface area contributed by atoms with Crippen molar-refractivity contribution in [3.05, 3.63) is 52.2 Å². The zero-order chi connectivity index (χ0) is 14.1. The number of fused-ring (bicyclic) bond motifs is 1. The van der Waals surface area contributed by atoms with Crippen LogP contribution in [0.4, 0.5) is 0 Å². The summed E-state index contributed by atoms with van der Waals surface area (Å²) in [6.07, 6.45) is 3.34. The minimum atomic E-state index is 0.459. The Bertz CT molecular complexity index is 650. The van der Waals surface area contributed by atoms with Crippen molar-refractivity contribution in [1.29, 1.82) is 0 Å². The van der Waals surface area contributed by atoms with E-state index in [1.165, 1.54) is 23.2 Å². The summed E-state index contributed by atoms with van der Waals surface area (Å²) in [5, 5.41) is 0. The van der Waals surface area contributed by atoms with E-state index < -0.39 is 0 Å². The lowest BCUT2D eigenvalue weighted by molar-refractivity contribution is 0.451. The monoisotopic (exact) mass is 268 g/mol. The second kappa shape index (κ2) is 5.25. The summed E-state index contributed by atoms with van der Waals surface area (Å²) in [5.41, 5.74) is 11.6. The first-order valence-electron chi connectivity index (χ1n) is 7.14. The van der Waals surface area contributed by atoms with E-state index in [4.69, 9.17) is 10.5 Å². The molecular formula is C17H20N2O. The molecule has 20 heavy (non-hydrogen) atoms. The third kappa shape index (κ3) is 2.41. The van der Waals surface area contributed by atoms with Crippen LogP contribution in [0.25, 0.3) is 0 Å². The molecule has 1 heterocycles. The molecule has 0 bridgehead atoms. The number of nitrogens with two attached hydrogens (primary N) is 1. The molecule has 104 valence electrons. The number of hydrogen-bond acceptors (Lipinski definition) is 3. The first kappa shape index (κ1) is 13.1. The van der Waals surface area contributed by atoms with Gasteiger partial charge in [-0.15, -0.1) is 0 Å². The number of ether oxygens (including phenoxy) is 1. The predicted octanol–water partition coefficient (Wildman–Crippen LogP) is 3.44. The van der Waals surface area contributed by atoms with Crippen LogP contribution < -0.4 is 10.5 Å². The third-order valence-corrected chi connectivity index (χ3v) is 3.86. The summed E-state index contributed by atoms with van der Waals surface area (Å²) in [6, 6.07) is 8.36. The molecule has 1 aromatic carbocycles. The maximum Gasteiger partial charge on any atom is 0.223 e. The highest BCUT2D eigenvalue weighted by atomic mass is 16.5. The van der Waals surface area contributed by atoms with Gasteiger partial charge in [-0.25, -0.2) is 4.98 Å². The standard InChI is InChI=1S/C17H20N2O/c1-11-6-7-12(2)16(8-11)20-17-14(10-18)9-13-4-3-5-15(13)19-17/h6-9H,3-5,10,18H2,1-2H3. The average molecular weight is 268 g/mol. The van der Waals surface area contributed by atoms with Crippen molar-refractivity contribution in [2.24, 2.45) is 5.73 Å². The number of nitrogens with zero attached hydrogens (tertiary/aromatic N) is 1. The zero-order valence-corrected chi connectivity index (χ0v) is 12.1. The number of hydrogen-bond donors (Lipinski definition) is 1. The summed E-state index contributed by atoms with van der Waals surface area (Å²) < 4.78 is 6.05. The van der Waals surface area contributed by atoms with Crippen molar-refractivity contribution in [1.82, 2.24) is 4.98 Å². The minimum absolute atomic E-state index is 0.459. The Hall–Kier alpha value is -1.87. The number of pyridine rings is 1. The van der Waals surface area contributed by atoms with Gasteiger partial charge in [-0.3, -0.25) is 0 Å². The normalized spacial score (nSPS) is 13.3. The Balaban J connectivity index is 1.99. The SMILES string of the molecule is Cc1ccc(C)c(Oc2nc3c(cc2CN)CCC3)c1. The highest BCUT2D eigenvalue weighted by Crippen LogP contribution is 2.31. The molecular weight excluding hydrogens is 248 g/mol. The van der Waals surface area contributed by atoms with Crippen molar-refractivity contribution in [2.75, 3.05) is 0 Å². The maximum atomic E-state index is 6.05. The lowest BCUT2D eigenvalue weighted by Gasteiger charge is -2.13. The predicted molar refractivity (Wildman–Crippen MR) is 80.1 cm³/mol. The van der Waals surface area contributed by atoms with Gasteiger partial charge < -0.3 is 10.5 Å². The van der Waals surface area contributed by atoms with Crippen LogP contribution in [0.1, 0.15) is 34.4 Å². The van der Waals surface area contributed by atoms with Crippen LogP contribution in [-0.4, -0.2) is 4.98 Å². The molecule has 1 aliphatic rings. The Morgan fingerprint density at radius 2 is 2.05 bits per heavy atom. The topological polar surface area (TPSA) is 48.1 Å². The molecule has 3 rings (SSSR count). The molecule has 0 spiro atoms. The third-order valence-electron chi connectivity index (χ3n) is 3.86. The van der Waals surface area contributed by atoms with E-state index in [2.05, 4.69) is 30.1 Å².